The highest BCUT2D eigenvalue weighted by molar-refractivity contribution is 6.33. The Bertz CT molecular complexity index is 1070. The van der Waals surface area contributed by atoms with Crippen molar-refractivity contribution in [1.29, 1.82) is 0 Å². The van der Waals surface area contributed by atoms with E-state index in [1.54, 1.807) is 30.5 Å². The van der Waals surface area contributed by atoms with Crippen LogP contribution in [0, 0.1) is 0 Å². The van der Waals surface area contributed by atoms with Crippen molar-refractivity contribution in [3.63, 3.8) is 0 Å². The number of fused-ring (bicyclic) bond motifs is 1. The summed E-state index contributed by atoms with van der Waals surface area (Å²) in [6.07, 6.45) is 0.368. The van der Waals surface area contributed by atoms with Gasteiger partial charge in [-0.2, -0.15) is 0 Å². The predicted molar refractivity (Wildman–Crippen MR) is 106 cm³/mol. The molecule has 0 saturated heterocycles. The van der Waals surface area contributed by atoms with Gasteiger partial charge in [-0.05, 0) is 24.3 Å². The van der Waals surface area contributed by atoms with E-state index in [4.69, 9.17) is 26.2 Å². The number of hydrogen-bond acceptors (Lipinski definition) is 5. The Morgan fingerprint density at radius 3 is 2.50 bits per heavy atom. The van der Waals surface area contributed by atoms with Crippen molar-refractivity contribution in [2.45, 2.75) is 6.92 Å². The second kappa shape index (κ2) is 8.01. The molecule has 0 unspecified atom stereocenters. The van der Waals surface area contributed by atoms with Gasteiger partial charge in [-0.25, -0.2) is 4.79 Å². The van der Waals surface area contributed by atoms with E-state index in [9.17, 15) is 9.59 Å². The van der Waals surface area contributed by atoms with Crippen LogP contribution in [0.2, 0.25) is 5.02 Å². The number of pyridine rings is 1. The number of carbonyl (C=O) groups excluding carboxylic acids is 1. The number of carbonyl (C=O) groups is 2. The Morgan fingerprint density at radius 2 is 1.86 bits per heavy atom. The maximum atomic E-state index is 11.5. The van der Waals surface area contributed by atoms with Crippen LogP contribution >= 0.6 is 11.6 Å². The molecule has 9 heteroatoms. The van der Waals surface area contributed by atoms with Crippen LogP contribution in [0.5, 0.6) is 17.2 Å². The van der Waals surface area contributed by atoms with Crippen molar-refractivity contribution < 1.29 is 24.2 Å². The zero-order valence-electron chi connectivity index (χ0n) is 14.9. The average Bonchev–Trinajstić information content (AvgIpc) is 2.63. The van der Waals surface area contributed by atoms with Gasteiger partial charge < -0.3 is 19.9 Å². The van der Waals surface area contributed by atoms with Crippen molar-refractivity contribution in [3.05, 3.63) is 47.6 Å². The third-order valence-electron chi connectivity index (χ3n) is 3.74. The third-order valence-corrected chi connectivity index (χ3v) is 4.06. The van der Waals surface area contributed by atoms with Crippen molar-refractivity contribution >= 4 is 45.9 Å². The highest BCUT2D eigenvalue weighted by Crippen LogP contribution is 2.37. The van der Waals surface area contributed by atoms with E-state index in [2.05, 4.69) is 15.6 Å². The van der Waals surface area contributed by atoms with Crippen LogP contribution < -0.4 is 20.1 Å². The SMILES string of the molecule is COc1cc2nccc(Oc3ccc(NC(=O)O)c(Cl)c3)c2cc1NC(C)=O. The third kappa shape index (κ3) is 4.24. The summed E-state index contributed by atoms with van der Waals surface area (Å²) in [5.74, 6) is 1.12. The van der Waals surface area contributed by atoms with Crippen molar-refractivity contribution in [2.75, 3.05) is 17.7 Å². The number of nitrogens with zero attached hydrogens (tertiary/aromatic N) is 1. The molecule has 144 valence electrons. The molecule has 0 radical (unpaired) electrons. The summed E-state index contributed by atoms with van der Waals surface area (Å²) in [6, 6.07) is 9.66. The molecule has 0 atom stereocenters. The summed E-state index contributed by atoms with van der Waals surface area (Å²) in [7, 11) is 1.50. The molecule has 2 aromatic carbocycles. The first kappa shape index (κ1) is 19.2. The summed E-state index contributed by atoms with van der Waals surface area (Å²) in [5.41, 5.74) is 1.34. The Labute approximate surface area is 165 Å². The van der Waals surface area contributed by atoms with Gasteiger partial charge in [0.05, 0.1) is 29.0 Å². The van der Waals surface area contributed by atoms with Gasteiger partial charge in [-0.15, -0.1) is 0 Å². The van der Waals surface area contributed by atoms with Crippen LogP contribution in [0.3, 0.4) is 0 Å². The molecule has 3 aromatic rings. The first-order valence-electron chi connectivity index (χ1n) is 8.09. The molecule has 8 nitrogen and oxygen atoms in total. The lowest BCUT2D eigenvalue weighted by Crippen LogP contribution is -2.07. The summed E-state index contributed by atoms with van der Waals surface area (Å²) in [6.45, 7) is 1.40. The van der Waals surface area contributed by atoms with Crippen LogP contribution in [0.15, 0.2) is 42.6 Å². The van der Waals surface area contributed by atoms with E-state index in [1.807, 2.05) is 0 Å². The molecule has 0 aliphatic carbocycles. The Kier molecular flexibility index (Phi) is 5.51. The number of ether oxygens (including phenoxy) is 2. The molecule has 2 amide bonds. The van der Waals surface area contributed by atoms with Crippen LogP contribution in [0.1, 0.15) is 6.92 Å². The van der Waals surface area contributed by atoms with Crippen molar-refractivity contribution in [2.24, 2.45) is 0 Å². The minimum atomic E-state index is -1.21. The van der Waals surface area contributed by atoms with Gasteiger partial charge in [0, 0.05) is 30.6 Å². The Balaban J connectivity index is 2.00. The second-order valence-corrected chi connectivity index (χ2v) is 6.14. The molecule has 1 heterocycles. The lowest BCUT2D eigenvalue weighted by molar-refractivity contribution is -0.114. The Morgan fingerprint density at radius 1 is 1.07 bits per heavy atom. The molecule has 3 N–H and O–H groups in total. The largest absolute Gasteiger partial charge is 0.494 e. The molecule has 0 spiro atoms. The van der Waals surface area contributed by atoms with Crippen LogP contribution in [-0.4, -0.2) is 29.2 Å². The molecular weight excluding hydrogens is 386 g/mol. The highest BCUT2D eigenvalue weighted by Gasteiger charge is 2.13. The molecule has 0 aliphatic rings. The van der Waals surface area contributed by atoms with Gasteiger partial charge in [0.2, 0.25) is 5.91 Å². The highest BCUT2D eigenvalue weighted by atomic mass is 35.5. The quantitative estimate of drug-likeness (QED) is 0.569. The second-order valence-electron chi connectivity index (χ2n) is 5.73. The fourth-order valence-corrected chi connectivity index (χ4v) is 2.81. The minimum Gasteiger partial charge on any atom is -0.494 e. The van der Waals surface area contributed by atoms with E-state index in [1.165, 1.54) is 26.2 Å². The molecule has 0 bridgehead atoms. The monoisotopic (exact) mass is 401 g/mol. The molecule has 0 aliphatic heterocycles. The van der Waals surface area contributed by atoms with Gasteiger partial charge in [-0.1, -0.05) is 11.6 Å². The number of hydrogen-bond donors (Lipinski definition) is 3. The lowest BCUT2D eigenvalue weighted by atomic mass is 10.1. The van der Waals surface area contributed by atoms with Gasteiger partial charge in [0.25, 0.3) is 0 Å². The fourth-order valence-electron chi connectivity index (χ4n) is 2.60. The number of benzene rings is 2. The maximum absolute atomic E-state index is 11.5. The number of rotatable bonds is 5. The average molecular weight is 402 g/mol. The zero-order chi connectivity index (χ0) is 20.3. The van der Waals surface area contributed by atoms with E-state index in [-0.39, 0.29) is 16.6 Å². The van der Waals surface area contributed by atoms with Gasteiger partial charge in [-0.3, -0.25) is 15.1 Å². The van der Waals surface area contributed by atoms with Gasteiger partial charge >= 0.3 is 6.09 Å². The van der Waals surface area contributed by atoms with E-state index < -0.39 is 6.09 Å². The Hall–Kier alpha value is -3.52. The fraction of sp³-hybridized carbons (Fsp3) is 0.105. The van der Waals surface area contributed by atoms with Crippen LogP contribution in [-0.2, 0) is 4.79 Å². The summed E-state index contributed by atoms with van der Waals surface area (Å²) in [4.78, 5) is 26.5. The standard InChI is InChI=1S/C19H16ClN3O5/c1-10(24)22-16-8-12-15(9-18(16)27-2)21-6-5-17(12)28-11-3-4-14(13(20)7-11)23-19(25)26/h3-9,23H,1-2H3,(H,22,24)(H,25,26). The van der Waals surface area contributed by atoms with Crippen LogP contribution in [0.4, 0.5) is 16.2 Å². The normalized spacial score (nSPS) is 10.4. The summed E-state index contributed by atoms with van der Waals surface area (Å²) in [5, 5.41) is 14.5. The summed E-state index contributed by atoms with van der Waals surface area (Å²) >= 11 is 6.10. The van der Waals surface area contributed by atoms with Gasteiger partial charge in [0.1, 0.15) is 17.2 Å². The number of amides is 2. The van der Waals surface area contributed by atoms with Gasteiger partial charge in [0.15, 0.2) is 0 Å². The number of halogens is 1. The van der Waals surface area contributed by atoms with Crippen molar-refractivity contribution in [3.8, 4) is 17.2 Å². The summed E-state index contributed by atoms with van der Waals surface area (Å²) < 4.78 is 11.2. The number of methoxy groups -OCH3 is 1. The van der Waals surface area contributed by atoms with Crippen LogP contribution in [0.25, 0.3) is 10.9 Å². The smallest absolute Gasteiger partial charge is 0.409 e. The molecule has 3 rings (SSSR count). The van der Waals surface area contributed by atoms with E-state index >= 15 is 0 Å². The maximum Gasteiger partial charge on any atom is 0.409 e. The zero-order valence-corrected chi connectivity index (χ0v) is 15.7. The topological polar surface area (TPSA) is 110 Å². The predicted octanol–water partition coefficient (Wildman–Crippen LogP) is 4.74. The first-order chi connectivity index (χ1) is 13.4. The molecule has 1 aromatic heterocycles. The van der Waals surface area contributed by atoms with E-state index in [0.717, 1.165) is 0 Å². The molecular formula is C19H16ClN3O5. The van der Waals surface area contributed by atoms with Crippen molar-refractivity contribution in [1.82, 2.24) is 4.98 Å². The minimum absolute atomic E-state index is 0.193. The first-order valence-corrected chi connectivity index (χ1v) is 8.47. The molecule has 0 fully saturated rings. The molecule has 0 saturated carbocycles. The number of aromatic nitrogens is 1. The number of anilines is 2. The number of carboxylic acid groups (broad SMARTS) is 1. The number of nitrogens with one attached hydrogen (secondary N) is 2. The lowest BCUT2D eigenvalue weighted by Gasteiger charge is -2.14. The molecule has 28 heavy (non-hydrogen) atoms. The van der Waals surface area contributed by atoms with E-state index in [0.29, 0.717) is 33.8 Å².